The lowest BCUT2D eigenvalue weighted by Gasteiger charge is -2.37. The summed E-state index contributed by atoms with van der Waals surface area (Å²) in [6, 6.07) is 8.53. The predicted octanol–water partition coefficient (Wildman–Crippen LogP) is 3.89. The zero-order valence-corrected chi connectivity index (χ0v) is 15.4. The number of fused-ring (bicyclic) bond motifs is 1. The lowest BCUT2D eigenvalue weighted by atomic mass is 9.75. The van der Waals surface area contributed by atoms with Gasteiger partial charge in [-0.05, 0) is 48.6 Å². The Kier molecular flexibility index (Phi) is 5.83. The van der Waals surface area contributed by atoms with Crippen LogP contribution in [0.3, 0.4) is 0 Å². The van der Waals surface area contributed by atoms with Gasteiger partial charge in [0, 0.05) is 18.8 Å². The topological polar surface area (TPSA) is 32.7 Å². The average molecular weight is 332 g/mol. The minimum atomic E-state index is -0.416. The molecule has 0 spiro atoms. The summed E-state index contributed by atoms with van der Waals surface area (Å²) in [5.41, 5.74) is 2.68. The Morgan fingerprint density at radius 2 is 2.04 bits per heavy atom. The Morgan fingerprint density at radius 1 is 1.25 bits per heavy atom. The molecule has 134 valence electrons. The Bertz CT molecular complexity index is 530. The first-order valence-corrected chi connectivity index (χ1v) is 9.67. The fourth-order valence-electron chi connectivity index (χ4n) is 4.44. The van der Waals surface area contributed by atoms with Crippen LogP contribution in [-0.2, 0) is 11.2 Å². The number of benzene rings is 1. The van der Waals surface area contributed by atoms with Crippen LogP contribution in [0.2, 0.25) is 0 Å². The molecule has 1 aromatic carbocycles. The third-order valence-electron chi connectivity index (χ3n) is 5.88. The summed E-state index contributed by atoms with van der Waals surface area (Å²) >= 11 is 0. The number of rotatable bonds is 6. The van der Waals surface area contributed by atoms with Crippen molar-refractivity contribution in [2.45, 2.75) is 58.7 Å². The highest BCUT2D eigenvalue weighted by Gasteiger charge is 2.32. The predicted molar refractivity (Wildman–Crippen MR) is 99.4 cm³/mol. The van der Waals surface area contributed by atoms with Crippen molar-refractivity contribution >= 4 is 5.69 Å². The van der Waals surface area contributed by atoms with Crippen LogP contribution in [0.15, 0.2) is 24.3 Å². The normalized spacial score (nSPS) is 28.2. The highest BCUT2D eigenvalue weighted by Crippen LogP contribution is 2.35. The zero-order valence-electron chi connectivity index (χ0n) is 15.4. The van der Waals surface area contributed by atoms with Crippen molar-refractivity contribution in [3.8, 4) is 0 Å². The first-order chi connectivity index (χ1) is 11.5. The number of para-hydroxylation sites is 1. The van der Waals surface area contributed by atoms with Crippen LogP contribution in [0.25, 0.3) is 0 Å². The van der Waals surface area contributed by atoms with E-state index in [2.05, 4.69) is 49.9 Å². The van der Waals surface area contributed by atoms with Crippen LogP contribution < -0.4 is 4.90 Å². The summed E-state index contributed by atoms with van der Waals surface area (Å²) in [5, 5.41) is 10.5. The quantitative estimate of drug-likeness (QED) is 0.858. The van der Waals surface area contributed by atoms with Crippen molar-refractivity contribution < 1.29 is 9.84 Å². The molecule has 1 aliphatic carbocycles. The van der Waals surface area contributed by atoms with Gasteiger partial charge in [-0.25, -0.2) is 0 Å². The summed E-state index contributed by atoms with van der Waals surface area (Å²) in [6.07, 6.45) is 4.70. The number of hydrogen-bond acceptors (Lipinski definition) is 3. The van der Waals surface area contributed by atoms with Crippen LogP contribution in [0.4, 0.5) is 5.69 Å². The summed E-state index contributed by atoms with van der Waals surface area (Å²) in [4.78, 5) is 2.30. The maximum atomic E-state index is 10.5. The molecular weight excluding hydrogens is 298 g/mol. The molecule has 24 heavy (non-hydrogen) atoms. The molecule has 0 aromatic heterocycles. The van der Waals surface area contributed by atoms with Gasteiger partial charge >= 0.3 is 0 Å². The molecule has 3 nitrogen and oxygen atoms in total. The van der Waals surface area contributed by atoms with Crippen molar-refractivity contribution in [1.82, 2.24) is 0 Å². The Morgan fingerprint density at radius 3 is 2.83 bits per heavy atom. The monoisotopic (exact) mass is 331 g/mol. The Labute approximate surface area is 147 Å². The first kappa shape index (κ1) is 17.8. The van der Waals surface area contributed by atoms with Crippen LogP contribution in [-0.4, -0.2) is 37.0 Å². The van der Waals surface area contributed by atoms with Crippen molar-refractivity contribution in [3.63, 3.8) is 0 Å². The lowest BCUT2D eigenvalue weighted by molar-refractivity contribution is -0.0671. The minimum Gasteiger partial charge on any atom is -0.389 e. The van der Waals surface area contributed by atoms with Crippen LogP contribution in [0.5, 0.6) is 0 Å². The van der Waals surface area contributed by atoms with Gasteiger partial charge in [0.1, 0.15) is 0 Å². The molecule has 1 fully saturated rings. The number of aliphatic hydroxyl groups excluding tert-OH is 1. The molecule has 1 N–H and O–H groups in total. The molecule has 1 aliphatic heterocycles. The number of β-amino-alcohol motifs (C(OH)–C–C–N with tert-alkyl or cyclic N) is 1. The largest absolute Gasteiger partial charge is 0.389 e. The van der Waals surface area contributed by atoms with Gasteiger partial charge in [0.05, 0.1) is 18.8 Å². The van der Waals surface area contributed by atoms with Gasteiger partial charge in [-0.15, -0.1) is 0 Å². The van der Waals surface area contributed by atoms with Crippen molar-refractivity contribution in [2.75, 3.05) is 24.6 Å². The lowest BCUT2D eigenvalue weighted by Crippen LogP contribution is -2.39. The number of hydrogen-bond donors (Lipinski definition) is 1. The third-order valence-corrected chi connectivity index (χ3v) is 5.88. The first-order valence-electron chi connectivity index (χ1n) is 9.67. The highest BCUT2D eigenvalue weighted by molar-refractivity contribution is 5.57. The Balaban J connectivity index is 1.51. The highest BCUT2D eigenvalue weighted by atomic mass is 16.5. The number of aliphatic hydroxyl groups is 1. The van der Waals surface area contributed by atoms with E-state index in [4.69, 9.17) is 4.74 Å². The van der Waals surface area contributed by atoms with Gasteiger partial charge in [-0.1, -0.05) is 45.4 Å². The number of ether oxygens (including phenoxy) is 1. The molecule has 1 aromatic rings. The number of anilines is 1. The molecule has 4 unspecified atom stereocenters. The third kappa shape index (κ3) is 4.12. The second kappa shape index (κ2) is 7.88. The van der Waals surface area contributed by atoms with Crippen LogP contribution in [0, 0.1) is 17.8 Å². The van der Waals surface area contributed by atoms with Crippen LogP contribution >= 0.6 is 0 Å². The molecule has 4 atom stereocenters. The van der Waals surface area contributed by atoms with E-state index in [1.807, 2.05) is 0 Å². The molecule has 0 saturated heterocycles. The molecule has 3 rings (SSSR count). The molecule has 0 bridgehead atoms. The van der Waals surface area contributed by atoms with Gasteiger partial charge in [0.2, 0.25) is 0 Å². The Hall–Kier alpha value is -1.06. The fourth-order valence-corrected chi connectivity index (χ4v) is 4.44. The van der Waals surface area contributed by atoms with E-state index in [9.17, 15) is 5.11 Å². The second-order valence-electron chi connectivity index (χ2n) is 8.18. The van der Waals surface area contributed by atoms with Gasteiger partial charge in [-0.3, -0.25) is 0 Å². The summed E-state index contributed by atoms with van der Waals surface area (Å²) in [5.74, 6) is 2.04. The second-order valence-corrected chi connectivity index (χ2v) is 8.18. The summed E-state index contributed by atoms with van der Waals surface area (Å²) < 4.78 is 6.21. The molecule has 0 radical (unpaired) electrons. The smallest absolute Gasteiger partial charge is 0.0948 e. The van der Waals surface area contributed by atoms with Gasteiger partial charge in [0.15, 0.2) is 0 Å². The minimum absolute atomic E-state index is 0.314. The molecular formula is C21H33NO2. The van der Waals surface area contributed by atoms with E-state index in [0.29, 0.717) is 31.1 Å². The van der Waals surface area contributed by atoms with Crippen molar-refractivity contribution in [1.29, 1.82) is 0 Å². The molecule has 3 heteroatoms. The van der Waals surface area contributed by atoms with E-state index >= 15 is 0 Å². The zero-order chi connectivity index (χ0) is 17.1. The van der Waals surface area contributed by atoms with Gasteiger partial charge in [-0.2, -0.15) is 0 Å². The van der Waals surface area contributed by atoms with E-state index in [1.165, 1.54) is 24.1 Å². The van der Waals surface area contributed by atoms with Gasteiger partial charge < -0.3 is 14.7 Å². The van der Waals surface area contributed by atoms with E-state index in [0.717, 1.165) is 25.3 Å². The maximum absolute atomic E-state index is 10.5. The van der Waals surface area contributed by atoms with Crippen LogP contribution in [0.1, 0.15) is 45.6 Å². The molecule has 2 aliphatic rings. The average Bonchev–Trinajstić information content (AvgIpc) is 2.96. The van der Waals surface area contributed by atoms with Crippen molar-refractivity contribution in [3.05, 3.63) is 29.8 Å². The molecule has 0 amide bonds. The maximum Gasteiger partial charge on any atom is 0.0948 e. The number of nitrogens with zero attached hydrogens (tertiary/aromatic N) is 1. The molecule has 1 saturated carbocycles. The molecule has 1 heterocycles. The SMILES string of the molecule is CC1CCC(C(C)C)C(OCC(O)CN2CCc3ccccc32)C1. The van der Waals surface area contributed by atoms with E-state index in [-0.39, 0.29) is 0 Å². The van der Waals surface area contributed by atoms with E-state index in [1.54, 1.807) is 0 Å². The summed E-state index contributed by atoms with van der Waals surface area (Å²) in [6.45, 7) is 9.06. The summed E-state index contributed by atoms with van der Waals surface area (Å²) in [7, 11) is 0. The van der Waals surface area contributed by atoms with E-state index < -0.39 is 6.10 Å². The fraction of sp³-hybridized carbons (Fsp3) is 0.714. The van der Waals surface area contributed by atoms with Crippen molar-refractivity contribution in [2.24, 2.45) is 17.8 Å². The van der Waals surface area contributed by atoms with Gasteiger partial charge in [0.25, 0.3) is 0 Å². The standard InChI is InChI=1S/C21H33NO2/c1-15(2)19-9-8-16(3)12-21(19)24-14-18(23)13-22-11-10-17-6-4-5-7-20(17)22/h4-7,15-16,18-19,21,23H,8-14H2,1-3H3.